The predicted molar refractivity (Wildman–Crippen MR) is 97.2 cm³/mol. The molecule has 2 aromatic carbocycles. The van der Waals surface area contributed by atoms with Crippen molar-refractivity contribution >= 4 is 23.5 Å². The first-order valence-corrected chi connectivity index (χ1v) is 8.04. The second-order valence-electron chi connectivity index (χ2n) is 5.61. The number of carbonyl (C=O) groups excluding carboxylic acids is 3. The summed E-state index contributed by atoms with van der Waals surface area (Å²) in [6.07, 6.45) is 1.39. The summed E-state index contributed by atoms with van der Waals surface area (Å²) in [4.78, 5) is 35.6. The number of nitrogens with two attached hydrogens (primary N) is 1. The van der Waals surface area contributed by atoms with Gasteiger partial charge in [0.25, 0.3) is 5.91 Å². The van der Waals surface area contributed by atoms with E-state index in [1.165, 1.54) is 12.3 Å². The highest BCUT2D eigenvalue weighted by Crippen LogP contribution is 2.18. The highest BCUT2D eigenvalue weighted by atomic mass is 16.5. The van der Waals surface area contributed by atoms with E-state index in [0.29, 0.717) is 16.8 Å². The van der Waals surface area contributed by atoms with Crippen LogP contribution in [0.2, 0.25) is 0 Å². The van der Waals surface area contributed by atoms with E-state index in [9.17, 15) is 14.4 Å². The molecular formula is C20H16N2O5. The number of amides is 2. The molecule has 1 aromatic heterocycles. The summed E-state index contributed by atoms with van der Waals surface area (Å²) in [5, 5.41) is 2.63. The lowest BCUT2D eigenvalue weighted by Gasteiger charge is -2.10. The molecular weight excluding hydrogens is 348 g/mol. The Hall–Kier alpha value is -3.87. The minimum atomic E-state index is -0.593. The van der Waals surface area contributed by atoms with Crippen molar-refractivity contribution in [2.24, 2.45) is 5.73 Å². The van der Waals surface area contributed by atoms with Gasteiger partial charge in [0.1, 0.15) is 6.61 Å². The van der Waals surface area contributed by atoms with E-state index in [1.807, 2.05) is 0 Å². The third kappa shape index (κ3) is 4.40. The van der Waals surface area contributed by atoms with Crippen LogP contribution in [0.5, 0.6) is 0 Å². The van der Waals surface area contributed by atoms with Crippen LogP contribution in [0.3, 0.4) is 0 Å². The van der Waals surface area contributed by atoms with Crippen molar-refractivity contribution in [1.29, 1.82) is 0 Å². The Balaban J connectivity index is 1.68. The quantitative estimate of drug-likeness (QED) is 0.653. The van der Waals surface area contributed by atoms with Crippen LogP contribution < -0.4 is 11.1 Å². The fourth-order valence-corrected chi connectivity index (χ4v) is 2.35. The number of hydrogen-bond donors (Lipinski definition) is 2. The Morgan fingerprint density at radius 2 is 1.70 bits per heavy atom. The molecule has 0 aliphatic rings. The van der Waals surface area contributed by atoms with Gasteiger partial charge in [0.15, 0.2) is 5.76 Å². The average Bonchev–Trinajstić information content (AvgIpc) is 3.22. The molecule has 7 heteroatoms. The maximum absolute atomic E-state index is 12.4. The highest BCUT2D eigenvalue weighted by molar-refractivity contribution is 6.06. The number of benzene rings is 2. The molecule has 1 heterocycles. The van der Waals surface area contributed by atoms with Crippen LogP contribution in [0, 0.1) is 0 Å². The Morgan fingerprint density at radius 3 is 2.37 bits per heavy atom. The van der Waals surface area contributed by atoms with Crippen LogP contribution >= 0.6 is 0 Å². The first-order chi connectivity index (χ1) is 13.0. The van der Waals surface area contributed by atoms with Crippen LogP contribution in [0.4, 0.5) is 5.69 Å². The van der Waals surface area contributed by atoms with Crippen molar-refractivity contribution in [2.75, 3.05) is 5.32 Å². The van der Waals surface area contributed by atoms with E-state index in [0.717, 1.165) is 0 Å². The lowest BCUT2D eigenvalue weighted by atomic mass is 10.1. The lowest BCUT2D eigenvalue weighted by molar-refractivity contribution is 0.0473. The topological polar surface area (TPSA) is 112 Å². The number of hydrogen-bond acceptors (Lipinski definition) is 5. The van der Waals surface area contributed by atoms with Gasteiger partial charge in [0.05, 0.1) is 17.5 Å². The molecule has 0 aliphatic carbocycles. The van der Waals surface area contributed by atoms with Gasteiger partial charge in [-0.05, 0) is 42.0 Å². The smallest absolute Gasteiger partial charge is 0.340 e. The SMILES string of the molecule is NC(=O)c1ccc(COC(=O)c2ccccc2NC(=O)c2ccco2)cc1. The van der Waals surface area contributed by atoms with Gasteiger partial charge < -0.3 is 20.2 Å². The Labute approximate surface area is 154 Å². The van der Waals surface area contributed by atoms with Crippen molar-refractivity contribution in [1.82, 2.24) is 0 Å². The number of furan rings is 1. The fraction of sp³-hybridized carbons (Fsp3) is 0.0500. The number of primary amides is 1. The number of anilines is 1. The molecule has 0 saturated carbocycles. The molecule has 7 nitrogen and oxygen atoms in total. The van der Waals surface area contributed by atoms with Crippen LogP contribution in [0.25, 0.3) is 0 Å². The minimum absolute atomic E-state index is 0.0122. The molecule has 3 N–H and O–H groups in total. The van der Waals surface area contributed by atoms with Gasteiger partial charge in [-0.3, -0.25) is 9.59 Å². The molecule has 3 aromatic rings. The zero-order valence-electron chi connectivity index (χ0n) is 14.2. The van der Waals surface area contributed by atoms with Gasteiger partial charge in [-0.2, -0.15) is 0 Å². The molecule has 0 spiro atoms. The van der Waals surface area contributed by atoms with Crippen molar-refractivity contribution < 1.29 is 23.5 Å². The summed E-state index contributed by atoms with van der Waals surface area (Å²) in [5.41, 5.74) is 6.79. The molecule has 0 fully saturated rings. The van der Waals surface area contributed by atoms with Crippen LogP contribution in [0.1, 0.15) is 36.8 Å². The van der Waals surface area contributed by atoms with Gasteiger partial charge in [-0.15, -0.1) is 0 Å². The monoisotopic (exact) mass is 364 g/mol. The third-order valence-electron chi connectivity index (χ3n) is 3.75. The number of para-hydroxylation sites is 1. The Morgan fingerprint density at radius 1 is 0.963 bits per heavy atom. The van der Waals surface area contributed by atoms with Gasteiger partial charge in [0, 0.05) is 5.56 Å². The normalized spacial score (nSPS) is 10.2. The first-order valence-electron chi connectivity index (χ1n) is 8.04. The largest absolute Gasteiger partial charge is 0.459 e. The van der Waals surface area contributed by atoms with Crippen molar-refractivity contribution in [3.05, 3.63) is 89.4 Å². The van der Waals surface area contributed by atoms with Crippen LogP contribution in [-0.2, 0) is 11.3 Å². The van der Waals surface area contributed by atoms with E-state index in [4.69, 9.17) is 14.9 Å². The summed E-state index contributed by atoms with van der Waals surface area (Å²) < 4.78 is 10.3. The van der Waals surface area contributed by atoms with Gasteiger partial charge in [0.2, 0.25) is 5.91 Å². The van der Waals surface area contributed by atoms with Gasteiger partial charge >= 0.3 is 5.97 Å². The van der Waals surface area contributed by atoms with Gasteiger partial charge in [-0.25, -0.2) is 4.79 Å². The molecule has 136 valence electrons. The van der Waals surface area contributed by atoms with E-state index in [1.54, 1.807) is 54.6 Å². The minimum Gasteiger partial charge on any atom is -0.459 e. The van der Waals surface area contributed by atoms with E-state index < -0.39 is 17.8 Å². The number of nitrogens with one attached hydrogen (secondary N) is 1. The summed E-state index contributed by atoms with van der Waals surface area (Å²) in [6, 6.07) is 16.0. The Kier molecular flexibility index (Phi) is 5.32. The maximum Gasteiger partial charge on any atom is 0.340 e. The van der Waals surface area contributed by atoms with Gasteiger partial charge in [-0.1, -0.05) is 24.3 Å². The molecule has 27 heavy (non-hydrogen) atoms. The van der Waals surface area contributed by atoms with E-state index in [2.05, 4.69) is 5.32 Å². The molecule has 3 rings (SSSR count). The fourth-order valence-electron chi connectivity index (χ4n) is 2.35. The number of ether oxygens (including phenoxy) is 1. The highest BCUT2D eigenvalue weighted by Gasteiger charge is 2.16. The molecule has 0 radical (unpaired) electrons. The maximum atomic E-state index is 12.4. The summed E-state index contributed by atoms with van der Waals surface area (Å²) in [5.74, 6) is -1.46. The summed E-state index contributed by atoms with van der Waals surface area (Å²) in [7, 11) is 0. The standard InChI is InChI=1S/C20H16N2O5/c21-18(23)14-9-7-13(8-10-14)12-27-20(25)15-4-1-2-5-16(15)22-19(24)17-6-3-11-26-17/h1-11H,12H2,(H2,21,23)(H,22,24). The third-order valence-corrected chi connectivity index (χ3v) is 3.75. The first kappa shape index (κ1) is 17.9. The summed E-state index contributed by atoms with van der Waals surface area (Å²) in [6.45, 7) is 0.0122. The average molecular weight is 364 g/mol. The second-order valence-corrected chi connectivity index (χ2v) is 5.61. The zero-order valence-corrected chi connectivity index (χ0v) is 14.2. The molecule has 0 atom stereocenters. The number of esters is 1. The molecule has 0 unspecified atom stereocenters. The molecule has 0 aliphatic heterocycles. The molecule has 0 saturated heterocycles. The lowest BCUT2D eigenvalue weighted by Crippen LogP contribution is -2.15. The van der Waals surface area contributed by atoms with Crippen LogP contribution in [0.15, 0.2) is 71.3 Å². The number of rotatable bonds is 6. The van der Waals surface area contributed by atoms with Crippen molar-refractivity contribution in [3.8, 4) is 0 Å². The Bertz CT molecular complexity index is 962. The number of carbonyl (C=O) groups is 3. The van der Waals surface area contributed by atoms with E-state index in [-0.39, 0.29) is 17.9 Å². The zero-order chi connectivity index (χ0) is 19.2. The van der Waals surface area contributed by atoms with Crippen molar-refractivity contribution in [3.63, 3.8) is 0 Å². The predicted octanol–water partition coefficient (Wildman–Crippen LogP) is 2.99. The second kappa shape index (κ2) is 8.01. The van der Waals surface area contributed by atoms with Crippen LogP contribution in [-0.4, -0.2) is 17.8 Å². The van der Waals surface area contributed by atoms with E-state index >= 15 is 0 Å². The summed E-state index contributed by atoms with van der Waals surface area (Å²) >= 11 is 0. The van der Waals surface area contributed by atoms with Crippen molar-refractivity contribution in [2.45, 2.75) is 6.61 Å². The molecule has 0 bridgehead atoms. The molecule has 2 amide bonds.